The van der Waals surface area contributed by atoms with Crippen LogP contribution >= 0.6 is 15.9 Å². The lowest BCUT2D eigenvalue weighted by atomic mass is 10.2. The van der Waals surface area contributed by atoms with Crippen molar-refractivity contribution < 1.29 is 8.42 Å². The van der Waals surface area contributed by atoms with Crippen molar-refractivity contribution in [3.63, 3.8) is 0 Å². The summed E-state index contributed by atoms with van der Waals surface area (Å²) < 4.78 is 27.2. The molecule has 1 rings (SSSR count). The Morgan fingerprint density at radius 2 is 2.00 bits per heavy atom. The molecule has 0 aliphatic rings. The van der Waals surface area contributed by atoms with Crippen molar-refractivity contribution in [1.82, 2.24) is 5.32 Å². The van der Waals surface area contributed by atoms with E-state index in [1.54, 1.807) is 12.1 Å². The third-order valence-electron chi connectivity index (χ3n) is 2.64. The van der Waals surface area contributed by atoms with Gasteiger partial charge in [0.05, 0.1) is 5.75 Å². The van der Waals surface area contributed by atoms with Gasteiger partial charge in [-0.3, -0.25) is 4.72 Å². The molecule has 0 saturated carbocycles. The molecule has 4 nitrogen and oxygen atoms in total. The molecule has 0 fully saturated rings. The predicted octanol–water partition coefficient (Wildman–Crippen LogP) is 2.89. The van der Waals surface area contributed by atoms with Gasteiger partial charge in [-0.15, -0.1) is 0 Å². The van der Waals surface area contributed by atoms with Gasteiger partial charge in [0.1, 0.15) is 0 Å². The minimum Gasteiger partial charge on any atom is -0.317 e. The number of hydrogen-bond donors (Lipinski definition) is 2. The van der Waals surface area contributed by atoms with E-state index in [4.69, 9.17) is 0 Å². The molecule has 0 aliphatic carbocycles. The van der Waals surface area contributed by atoms with Crippen molar-refractivity contribution in [2.45, 2.75) is 26.7 Å². The summed E-state index contributed by atoms with van der Waals surface area (Å²) >= 11 is 3.39. The van der Waals surface area contributed by atoms with Crippen LogP contribution in [0.1, 0.15) is 25.3 Å². The molecule has 108 valence electrons. The van der Waals surface area contributed by atoms with Crippen molar-refractivity contribution in [3.8, 4) is 0 Å². The summed E-state index contributed by atoms with van der Waals surface area (Å²) in [6.07, 6.45) is 1.67. The summed E-state index contributed by atoms with van der Waals surface area (Å²) in [6.45, 7) is 5.70. The third-order valence-corrected chi connectivity index (χ3v) is 4.87. The Bertz CT molecular complexity index is 503. The highest BCUT2D eigenvalue weighted by molar-refractivity contribution is 9.10. The molecule has 6 heteroatoms. The molecule has 1 aromatic carbocycles. The molecular weight excluding hydrogens is 328 g/mol. The molecule has 0 aromatic heterocycles. The van der Waals surface area contributed by atoms with Crippen LogP contribution < -0.4 is 10.0 Å². The second kappa shape index (κ2) is 7.87. The smallest absolute Gasteiger partial charge is 0.232 e. The summed E-state index contributed by atoms with van der Waals surface area (Å²) in [4.78, 5) is 0. The van der Waals surface area contributed by atoms with Crippen molar-refractivity contribution in [3.05, 3.63) is 28.2 Å². The van der Waals surface area contributed by atoms with E-state index in [-0.39, 0.29) is 5.75 Å². The van der Waals surface area contributed by atoms with Crippen LogP contribution in [0.4, 0.5) is 5.69 Å². The van der Waals surface area contributed by atoms with E-state index in [2.05, 4.69) is 32.9 Å². The van der Waals surface area contributed by atoms with Gasteiger partial charge in [0.2, 0.25) is 10.0 Å². The summed E-state index contributed by atoms with van der Waals surface area (Å²) in [5.41, 5.74) is 1.67. The highest BCUT2D eigenvalue weighted by Gasteiger charge is 2.10. The quantitative estimate of drug-likeness (QED) is 0.710. The zero-order chi connectivity index (χ0) is 14.3. The van der Waals surface area contributed by atoms with Crippen LogP contribution in [0.2, 0.25) is 0 Å². The van der Waals surface area contributed by atoms with Crippen LogP contribution in [0, 0.1) is 6.92 Å². The summed E-state index contributed by atoms with van der Waals surface area (Å²) in [6, 6.07) is 5.43. The van der Waals surface area contributed by atoms with Crippen molar-refractivity contribution in [2.24, 2.45) is 0 Å². The summed E-state index contributed by atoms with van der Waals surface area (Å²) in [7, 11) is -3.26. The van der Waals surface area contributed by atoms with E-state index in [0.717, 1.165) is 29.5 Å². The summed E-state index contributed by atoms with van der Waals surface area (Å²) in [5.74, 6) is 0.134. The fourth-order valence-electron chi connectivity index (χ4n) is 1.58. The van der Waals surface area contributed by atoms with Gasteiger partial charge in [-0.2, -0.15) is 0 Å². The average Bonchev–Trinajstić information content (AvgIpc) is 2.33. The topological polar surface area (TPSA) is 58.2 Å². The van der Waals surface area contributed by atoms with Gasteiger partial charge in [-0.25, -0.2) is 8.42 Å². The number of benzene rings is 1. The molecular formula is C13H21BrN2O2S. The Morgan fingerprint density at radius 3 is 2.63 bits per heavy atom. The molecule has 0 unspecified atom stereocenters. The lowest BCUT2D eigenvalue weighted by Crippen LogP contribution is -2.22. The maximum atomic E-state index is 11.9. The maximum absolute atomic E-state index is 11.9. The van der Waals surface area contributed by atoms with Gasteiger partial charge in [-0.05, 0) is 50.6 Å². The molecule has 0 heterocycles. The summed E-state index contributed by atoms with van der Waals surface area (Å²) in [5, 5.41) is 3.19. The lowest BCUT2D eigenvalue weighted by Gasteiger charge is -2.09. The largest absolute Gasteiger partial charge is 0.317 e. The molecule has 1 aromatic rings. The Labute approximate surface area is 124 Å². The SMILES string of the molecule is CCCNCCCS(=O)(=O)Nc1ccc(C)c(Br)c1. The average molecular weight is 349 g/mol. The first-order chi connectivity index (χ1) is 8.94. The first-order valence-electron chi connectivity index (χ1n) is 6.42. The number of hydrogen-bond acceptors (Lipinski definition) is 3. The third kappa shape index (κ3) is 6.40. The van der Waals surface area contributed by atoms with Crippen molar-refractivity contribution in [1.29, 1.82) is 0 Å². The lowest BCUT2D eigenvalue weighted by molar-refractivity contribution is 0.593. The van der Waals surface area contributed by atoms with Crippen LogP contribution in [0.5, 0.6) is 0 Å². The number of rotatable bonds is 8. The van der Waals surface area contributed by atoms with E-state index in [1.165, 1.54) is 0 Å². The number of sulfonamides is 1. The first-order valence-corrected chi connectivity index (χ1v) is 8.86. The highest BCUT2D eigenvalue weighted by atomic mass is 79.9. The van der Waals surface area contributed by atoms with Gasteiger partial charge >= 0.3 is 0 Å². The van der Waals surface area contributed by atoms with Crippen LogP contribution in [0.25, 0.3) is 0 Å². The Hall–Kier alpha value is -0.590. The number of nitrogens with one attached hydrogen (secondary N) is 2. The van der Waals surface area contributed by atoms with E-state index in [1.807, 2.05) is 13.0 Å². The fourth-order valence-corrected chi connectivity index (χ4v) is 3.07. The normalized spacial score (nSPS) is 11.5. The van der Waals surface area contributed by atoms with Crippen LogP contribution in [0.15, 0.2) is 22.7 Å². The Balaban J connectivity index is 2.47. The molecule has 0 atom stereocenters. The minimum atomic E-state index is -3.26. The van der Waals surface area contributed by atoms with Gasteiger partial charge in [0.25, 0.3) is 0 Å². The molecule has 0 spiro atoms. The number of aryl methyl sites for hydroxylation is 1. The van der Waals surface area contributed by atoms with E-state index >= 15 is 0 Å². The monoisotopic (exact) mass is 348 g/mol. The van der Waals surface area contributed by atoms with Gasteiger partial charge in [0, 0.05) is 10.2 Å². The first kappa shape index (κ1) is 16.5. The van der Waals surface area contributed by atoms with Crippen molar-refractivity contribution in [2.75, 3.05) is 23.6 Å². The predicted molar refractivity (Wildman–Crippen MR) is 84.1 cm³/mol. The molecule has 0 bridgehead atoms. The van der Waals surface area contributed by atoms with Gasteiger partial charge in [0.15, 0.2) is 0 Å². The second-order valence-corrected chi connectivity index (χ2v) is 7.18. The molecule has 0 aliphatic heterocycles. The van der Waals surface area contributed by atoms with E-state index in [9.17, 15) is 8.42 Å². The second-order valence-electron chi connectivity index (χ2n) is 4.49. The number of halogens is 1. The van der Waals surface area contributed by atoms with Crippen LogP contribution in [-0.2, 0) is 10.0 Å². The molecule has 0 radical (unpaired) electrons. The number of anilines is 1. The van der Waals surface area contributed by atoms with Crippen LogP contribution in [0.3, 0.4) is 0 Å². The zero-order valence-corrected chi connectivity index (χ0v) is 13.8. The zero-order valence-electron chi connectivity index (χ0n) is 11.4. The van der Waals surface area contributed by atoms with E-state index in [0.29, 0.717) is 12.1 Å². The molecule has 0 saturated heterocycles. The Kier molecular flexibility index (Phi) is 6.82. The van der Waals surface area contributed by atoms with Gasteiger partial charge < -0.3 is 5.32 Å². The van der Waals surface area contributed by atoms with Crippen LogP contribution in [-0.4, -0.2) is 27.3 Å². The minimum absolute atomic E-state index is 0.134. The Morgan fingerprint density at radius 1 is 1.26 bits per heavy atom. The molecule has 0 amide bonds. The maximum Gasteiger partial charge on any atom is 0.232 e. The highest BCUT2D eigenvalue weighted by Crippen LogP contribution is 2.21. The van der Waals surface area contributed by atoms with Gasteiger partial charge in [-0.1, -0.05) is 28.9 Å². The van der Waals surface area contributed by atoms with Crippen molar-refractivity contribution >= 4 is 31.6 Å². The standard InChI is InChI=1S/C13H21BrN2O2S/c1-3-7-15-8-4-9-19(17,18)16-12-6-5-11(2)13(14)10-12/h5-6,10,15-16H,3-4,7-9H2,1-2H3. The molecule has 19 heavy (non-hydrogen) atoms. The fraction of sp³-hybridized carbons (Fsp3) is 0.538. The molecule has 2 N–H and O–H groups in total. The van der Waals surface area contributed by atoms with E-state index < -0.39 is 10.0 Å².